The fourth-order valence-electron chi connectivity index (χ4n) is 2.76. The van der Waals surface area contributed by atoms with Gasteiger partial charge in [0.15, 0.2) is 12.2 Å². The number of carboxylic acids is 1. The average Bonchev–Trinajstić information content (AvgIpc) is 2.78. The summed E-state index contributed by atoms with van der Waals surface area (Å²) in [7, 11) is 0. The molecule has 2 aromatic rings. The third-order valence-electron chi connectivity index (χ3n) is 4.49. The van der Waals surface area contributed by atoms with Gasteiger partial charge in [-0.2, -0.15) is 0 Å². The van der Waals surface area contributed by atoms with Gasteiger partial charge in [-0.25, -0.2) is 4.79 Å². The predicted octanol–water partition coefficient (Wildman–Crippen LogP) is 5.28. The summed E-state index contributed by atoms with van der Waals surface area (Å²) in [5.41, 5.74) is 1.48. The first kappa shape index (κ1) is 27.2. The molecule has 2 N–H and O–H groups in total. The van der Waals surface area contributed by atoms with Gasteiger partial charge < -0.3 is 14.9 Å². The van der Waals surface area contributed by atoms with Crippen molar-refractivity contribution in [2.75, 3.05) is 0 Å². The Morgan fingerprint density at radius 3 is 1.71 bits per heavy atom. The second kappa shape index (κ2) is 16.8. The number of benzene rings is 2. The van der Waals surface area contributed by atoms with Crippen molar-refractivity contribution in [2.24, 2.45) is 0 Å². The Morgan fingerprint density at radius 2 is 1.32 bits per heavy atom. The third kappa shape index (κ3) is 11.9. The Morgan fingerprint density at radius 1 is 0.871 bits per heavy atom. The molecule has 0 bridgehead atoms. The van der Waals surface area contributed by atoms with Gasteiger partial charge in [0.25, 0.3) is 0 Å². The number of esters is 1. The van der Waals surface area contributed by atoms with E-state index in [9.17, 15) is 14.7 Å². The molecule has 168 valence electrons. The van der Waals surface area contributed by atoms with E-state index in [1.54, 1.807) is 33.1 Å². The summed E-state index contributed by atoms with van der Waals surface area (Å²) in [6.07, 6.45) is 2.77. The van der Waals surface area contributed by atoms with Crippen molar-refractivity contribution in [2.45, 2.75) is 67.0 Å². The van der Waals surface area contributed by atoms with Gasteiger partial charge >= 0.3 is 81.5 Å². The van der Waals surface area contributed by atoms with Crippen LogP contribution in [-0.4, -0.2) is 49.4 Å². The molecule has 5 nitrogen and oxygen atoms in total. The molecule has 0 aromatic heterocycles. The molecule has 0 aliphatic heterocycles. The molecular formula is C25H34O5Sn. The number of carbonyl (C=O) groups excluding carboxylic acids is 1. The van der Waals surface area contributed by atoms with Crippen LogP contribution >= 0.6 is 0 Å². The molecule has 2 radical (unpaired) electrons. The summed E-state index contributed by atoms with van der Waals surface area (Å²) in [5.74, 6) is -2.22. The van der Waals surface area contributed by atoms with Crippen LogP contribution in [0.15, 0.2) is 60.7 Å². The smallest absolute Gasteiger partial charge is 0.336 e. The van der Waals surface area contributed by atoms with E-state index < -0.39 is 30.6 Å². The van der Waals surface area contributed by atoms with Crippen molar-refractivity contribution in [1.29, 1.82) is 0 Å². The largest absolute Gasteiger partial charge is 0.481 e. The topological polar surface area (TPSA) is 83.8 Å². The monoisotopic (exact) mass is 534 g/mol. The number of hydrogen-bond donors (Lipinski definition) is 2. The minimum absolute atomic E-state index is 0.149. The summed E-state index contributed by atoms with van der Waals surface area (Å²) in [5, 5.41) is 18.2. The maximum atomic E-state index is 11.9. The van der Waals surface area contributed by atoms with Crippen molar-refractivity contribution < 1.29 is 24.5 Å². The number of unbranched alkanes of at least 4 members (excludes halogenated alkanes) is 2. The fourth-order valence-corrected chi connectivity index (χ4v) is 6.91. The predicted molar refractivity (Wildman–Crippen MR) is 124 cm³/mol. The molecule has 2 rings (SSSR count). The van der Waals surface area contributed by atoms with Crippen LogP contribution in [0.1, 0.15) is 63.2 Å². The van der Waals surface area contributed by atoms with Crippen molar-refractivity contribution in [1.82, 2.24) is 0 Å². The molecule has 0 saturated carbocycles. The molecule has 0 saturated heterocycles. The van der Waals surface area contributed by atoms with Crippen molar-refractivity contribution in [3.63, 3.8) is 0 Å². The summed E-state index contributed by atoms with van der Waals surface area (Å²) >= 11 is 0.149. The molecule has 0 heterocycles. The maximum absolute atomic E-state index is 11.9. The summed E-state index contributed by atoms with van der Waals surface area (Å²) in [6, 6.07) is 18.1. The van der Waals surface area contributed by atoms with E-state index in [1.807, 2.05) is 36.4 Å². The van der Waals surface area contributed by atoms with Gasteiger partial charge in [-0.05, 0) is 11.1 Å². The van der Waals surface area contributed by atoms with Crippen molar-refractivity contribution in [3.8, 4) is 0 Å². The van der Waals surface area contributed by atoms with E-state index in [-0.39, 0.29) is 21.1 Å². The number of hydrogen-bond acceptors (Lipinski definition) is 4. The van der Waals surface area contributed by atoms with Crippen LogP contribution < -0.4 is 0 Å². The van der Waals surface area contributed by atoms with E-state index in [4.69, 9.17) is 9.84 Å². The van der Waals surface area contributed by atoms with Gasteiger partial charge in [0.1, 0.15) is 0 Å². The molecule has 0 aliphatic carbocycles. The number of ether oxygens (including phenoxy) is 1. The van der Waals surface area contributed by atoms with E-state index in [0.29, 0.717) is 0 Å². The van der Waals surface area contributed by atoms with Crippen LogP contribution in [0, 0.1) is 0 Å². The second-order valence-electron chi connectivity index (χ2n) is 7.21. The first-order chi connectivity index (χ1) is 15.0. The number of aliphatic hydroxyl groups is 1. The van der Waals surface area contributed by atoms with E-state index in [1.165, 1.54) is 25.7 Å². The zero-order chi connectivity index (χ0) is 22.9. The number of rotatable bonds is 12. The standard InChI is InChI=1S/C17H16O5.2C4H9.Sn/c18-14(11-15(19)20)17(21)22-16(12-7-3-1-4-8-12)13-9-5-2-6-10-13;2*1-3-4-2;/h1-10,14,16,18H,11H2,(H,19,20);2*1,3-4H2,2H3;. The molecular weight excluding hydrogens is 499 g/mol. The minimum atomic E-state index is -1.69. The van der Waals surface area contributed by atoms with Crippen LogP contribution in [0.5, 0.6) is 0 Å². The molecule has 1 unspecified atom stereocenters. The van der Waals surface area contributed by atoms with Crippen molar-refractivity contribution in [3.05, 3.63) is 71.8 Å². The number of carboxylic acid groups (broad SMARTS) is 1. The van der Waals surface area contributed by atoms with Gasteiger partial charge in [0.05, 0.1) is 6.42 Å². The summed E-state index contributed by atoms with van der Waals surface area (Å²) < 4.78 is 8.58. The molecule has 31 heavy (non-hydrogen) atoms. The van der Waals surface area contributed by atoms with Crippen LogP contribution in [0.4, 0.5) is 0 Å². The third-order valence-corrected chi connectivity index (χ3v) is 8.53. The normalized spacial score (nSPS) is 11.4. The second-order valence-corrected chi connectivity index (χ2v) is 11.5. The zero-order valence-corrected chi connectivity index (χ0v) is 21.4. The molecule has 0 aliphatic rings. The zero-order valence-electron chi connectivity index (χ0n) is 18.5. The Kier molecular flexibility index (Phi) is 14.7. The molecule has 2 aromatic carbocycles. The number of aliphatic carboxylic acids is 1. The average molecular weight is 533 g/mol. The van der Waals surface area contributed by atoms with Gasteiger partial charge in [0.2, 0.25) is 0 Å². The van der Waals surface area contributed by atoms with E-state index >= 15 is 0 Å². The van der Waals surface area contributed by atoms with Crippen LogP contribution in [0.3, 0.4) is 0 Å². The molecule has 1 atom stereocenters. The maximum Gasteiger partial charge on any atom is 0.336 e. The van der Waals surface area contributed by atoms with E-state index in [2.05, 4.69) is 13.8 Å². The molecule has 0 fully saturated rings. The van der Waals surface area contributed by atoms with Gasteiger partial charge in [-0.3, -0.25) is 4.79 Å². The Labute approximate surface area is 196 Å². The fraction of sp³-hybridized carbons (Fsp3) is 0.440. The first-order valence-electron chi connectivity index (χ1n) is 10.9. The SMILES string of the molecule is CCC[CH2][Sn][CH2]CCC.O=C(O)CC(O)C(=O)OC(c1ccccc1)c1ccccc1. The van der Waals surface area contributed by atoms with E-state index in [0.717, 1.165) is 11.1 Å². The molecule has 0 amide bonds. The van der Waals surface area contributed by atoms with Gasteiger partial charge in [-0.15, -0.1) is 0 Å². The quantitative estimate of drug-likeness (QED) is 0.220. The Bertz CT molecular complexity index is 691. The summed E-state index contributed by atoms with van der Waals surface area (Å²) in [4.78, 5) is 22.5. The number of carbonyl (C=O) groups is 2. The van der Waals surface area contributed by atoms with Crippen LogP contribution in [0.25, 0.3) is 0 Å². The molecule has 0 spiro atoms. The minimum Gasteiger partial charge on any atom is -0.481 e. The molecule has 6 heteroatoms. The van der Waals surface area contributed by atoms with Gasteiger partial charge in [-0.1, -0.05) is 60.7 Å². The first-order valence-corrected chi connectivity index (χ1v) is 14.9. The van der Waals surface area contributed by atoms with Gasteiger partial charge in [0, 0.05) is 0 Å². The number of aliphatic hydroxyl groups excluding tert-OH is 1. The summed E-state index contributed by atoms with van der Waals surface area (Å²) in [6.45, 7) is 4.58. The Balaban J connectivity index is 0.000000452. The van der Waals surface area contributed by atoms with Crippen LogP contribution in [0.2, 0.25) is 8.87 Å². The Hall–Kier alpha value is -1.86. The van der Waals surface area contributed by atoms with Crippen molar-refractivity contribution >= 4 is 33.1 Å². The van der Waals surface area contributed by atoms with Crippen LogP contribution in [-0.2, 0) is 14.3 Å².